The number of piperidine rings is 1. The summed E-state index contributed by atoms with van der Waals surface area (Å²) in [4.78, 5) is 14.8. The molecule has 1 saturated carbocycles. The Morgan fingerprint density at radius 1 is 1.00 bits per heavy atom. The Morgan fingerprint density at radius 2 is 1.75 bits per heavy atom. The van der Waals surface area contributed by atoms with Crippen molar-refractivity contribution in [3.8, 4) is 0 Å². The van der Waals surface area contributed by atoms with Gasteiger partial charge in [0.15, 0.2) is 0 Å². The molecule has 3 rings (SSSR count). The molecule has 20 heavy (non-hydrogen) atoms. The third kappa shape index (κ3) is 3.53. The highest BCUT2D eigenvalue weighted by atomic mass is 16.2. The molecular weight excluding hydrogens is 250 g/mol. The fourth-order valence-corrected chi connectivity index (χ4v) is 4.05. The first kappa shape index (κ1) is 14.3. The molecule has 1 aliphatic carbocycles. The van der Waals surface area contributed by atoms with Crippen LogP contribution in [0.4, 0.5) is 0 Å². The SMILES string of the molecule is O=C(NC1CCN(C2CCCCC2)CC1)C1CCNC1. The third-order valence-electron chi connectivity index (χ3n) is 5.40. The molecule has 1 atom stereocenters. The van der Waals surface area contributed by atoms with Gasteiger partial charge in [0, 0.05) is 31.7 Å². The van der Waals surface area contributed by atoms with E-state index in [0.717, 1.165) is 38.4 Å². The number of rotatable bonds is 3. The van der Waals surface area contributed by atoms with Crippen LogP contribution in [-0.4, -0.2) is 49.1 Å². The van der Waals surface area contributed by atoms with Gasteiger partial charge in [-0.25, -0.2) is 0 Å². The summed E-state index contributed by atoms with van der Waals surface area (Å²) in [5.41, 5.74) is 0. The molecule has 0 bridgehead atoms. The second kappa shape index (κ2) is 6.90. The van der Waals surface area contributed by atoms with Crippen LogP contribution in [0.25, 0.3) is 0 Å². The average Bonchev–Trinajstić information content (AvgIpc) is 3.03. The van der Waals surface area contributed by atoms with Crippen molar-refractivity contribution in [2.24, 2.45) is 5.92 Å². The molecule has 4 nitrogen and oxygen atoms in total. The van der Waals surface area contributed by atoms with Gasteiger partial charge in [0.05, 0.1) is 5.92 Å². The van der Waals surface area contributed by atoms with Crippen LogP contribution < -0.4 is 10.6 Å². The average molecular weight is 279 g/mol. The van der Waals surface area contributed by atoms with Gasteiger partial charge in [0.1, 0.15) is 0 Å². The zero-order chi connectivity index (χ0) is 13.8. The first-order valence-corrected chi connectivity index (χ1v) is 8.58. The maximum absolute atomic E-state index is 12.1. The van der Waals surface area contributed by atoms with E-state index in [2.05, 4.69) is 15.5 Å². The Balaban J connectivity index is 1.40. The van der Waals surface area contributed by atoms with Crippen molar-refractivity contribution >= 4 is 5.91 Å². The van der Waals surface area contributed by atoms with E-state index in [1.807, 2.05) is 0 Å². The van der Waals surface area contributed by atoms with Crippen molar-refractivity contribution < 1.29 is 4.79 Å². The van der Waals surface area contributed by atoms with Crippen LogP contribution in [0.1, 0.15) is 51.4 Å². The van der Waals surface area contributed by atoms with E-state index in [1.54, 1.807) is 0 Å². The Kier molecular flexibility index (Phi) is 4.94. The van der Waals surface area contributed by atoms with Crippen LogP contribution in [0, 0.1) is 5.92 Å². The summed E-state index contributed by atoms with van der Waals surface area (Å²) < 4.78 is 0. The van der Waals surface area contributed by atoms with Gasteiger partial charge >= 0.3 is 0 Å². The number of nitrogens with zero attached hydrogens (tertiary/aromatic N) is 1. The molecule has 3 aliphatic rings. The number of carbonyl (C=O) groups excluding carboxylic acids is 1. The second-order valence-electron chi connectivity index (χ2n) is 6.80. The van der Waals surface area contributed by atoms with Gasteiger partial charge in [-0.2, -0.15) is 0 Å². The lowest BCUT2D eigenvalue weighted by Gasteiger charge is -2.39. The van der Waals surface area contributed by atoms with E-state index in [1.165, 1.54) is 45.2 Å². The highest BCUT2D eigenvalue weighted by Crippen LogP contribution is 2.25. The third-order valence-corrected chi connectivity index (χ3v) is 5.40. The zero-order valence-corrected chi connectivity index (χ0v) is 12.6. The monoisotopic (exact) mass is 279 g/mol. The van der Waals surface area contributed by atoms with Gasteiger partial charge in [0.25, 0.3) is 0 Å². The Labute approximate surface area is 122 Å². The van der Waals surface area contributed by atoms with Crippen molar-refractivity contribution in [1.29, 1.82) is 0 Å². The van der Waals surface area contributed by atoms with Crippen LogP contribution in [-0.2, 0) is 4.79 Å². The Hall–Kier alpha value is -0.610. The predicted octanol–water partition coefficient (Wildman–Crippen LogP) is 1.51. The lowest BCUT2D eigenvalue weighted by molar-refractivity contribution is -0.125. The smallest absolute Gasteiger partial charge is 0.224 e. The molecule has 0 spiro atoms. The summed E-state index contributed by atoms with van der Waals surface area (Å²) in [5.74, 6) is 0.498. The minimum absolute atomic E-state index is 0.214. The first-order chi connectivity index (χ1) is 9.83. The maximum atomic E-state index is 12.1. The van der Waals surface area contributed by atoms with E-state index in [-0.39, 0.29) is 11.8 Å². The number of hydrogen-bond acceptors (Lipinski definition) is 3. The predicted molar refractivity (Wildman–Crippen MR) is 80.6 cm³/mol. The molecule has 3 fully saturated rings. The van der Waals surface area contributed by atoms with Crippen LogP contribution in [0.5, 0.6) is 0 Å². The molecule has 0 aromatic heterocycles. The number of carbonyl (C=O) groups is 1. The Morgan fingerprint density at radius 3 is 2.40 bits per heavy atom. The van der Waals surface area contributed by atoms with Gasteiger partial charge < -0.3 is 15.5 Å². The molecule has 1 amide bonds. The number of amides is 1. The van der Waals surface area contributed by atoms with Crippen LogP contribution >= 0.6 is 0 Å². The molecule has 0 aromatic carbocycles. The van der Waals surface area contributed by atoms with Crippen molar-refractivity contribution in [3.05, 3.63) is 0 Å². The summed E-state index contributed by atoms with van der Waals surface area (Å²) in [6, 6.07) is 1.25. The molecule has 0 radical (unpaired) electrons. The molecular formula is C16H29N3O. The van der Waals surface area contributed by atoms with E-state index in [4.69, 9.17) is 0 Å². The summed E-state index contributed by atoms with van der Waals surface area (Å²) >= 11 is 0. The largest absolute Gasteiger partial charge is 0.353 e. The van der Waals surface area contributed by atoms with Gasteiger partial charge in [-0.3, -0.25) is 4.79 Å². The summed E-state index contributed by atoms with van der Waals surface area (Å²) in [6.07, 6.45) is 10.3. The van der Waals surface area contributed by atoms with Crippen LogP contribution in [0.15, 0.2) is 0 Å². The standard InChI is InChI=1S/C16H29N3O/c20-16(13-6-9-17-12-13)18-14-7-10-19(11-8-14)15-4-2-1-3-5-15/h13-15,17H,1-12H2,(H,18,20). The van der Waals surface area contributed by atoms with Crippen molar-refractivity contribution in [2.45, 2.75) is 63.5 Å². The quantitative estimate of drug-likeness (QED) is 0.823. The molecule has 2 N–H and O–H groups in total. The summed E-state index contributed by atoms with van der Waals surface area (Å²) in [6.45, 7) is 4.22. The fraction of sp³-hybridized carbons (Fsp3) is 0.938. The Bertz CT molecular complexity index is 314. The van der Waals surface area contributed by atoms with Gasteiger partial charge in [-0.05, 0) is 38.6 Å². The summed E-state index contributed by atoms with van der Waals surface area (Å²) in [7, 11) is 0. The highest BCUT2D eigenvalue weighted by molar-refractivity contribution is 5.79. The fourth-order valence-electron chi connectivity index (χ4n) is 4.05. The molecule has 2 heterocycles. The van der Waals surface area contributed by atoms with Crippen molar-refractivity contribution in [1.82, 2.24) is 15.5 Å². The molecule has 1 unspecified atom stereocenters. The molecule has 0 aromatic rings. The zero-order valence-electron chi connectivity index (χ0n) is 12.6. The van der Waals surface area contributed by atoms with Crippen LogP contribution in [0.3, 0.4) is 0 Å². The van der Waals surface area contributed by atoms with Gasteiger partial charge in [-0.1, -0.05) is 19.3 Å². The normalized spacial score (nSPS) is 30.5. The van der Waals surface area contributed by atoms with E-state index >= 15 is 0 Å². The lowest BCUT2D eigenvalue weighted by atomic mass is 9.92. The second-order valence-corrected chi connectivity index (χ2v) is 6.80. The maximum Gasteiger partial charge on any atom is 0.224 e. The number of hydrogen-bond donors (Lipinski definition) is 2. The number of likely N-dealkylation sites (tertiary alicyclic amines) is 1. The van der Waals surface area contributed by atoms with Crippen LogP contribution in [0.2, 0.25) is 0 Å². The minimum atomic E-state index is 0.214. The number of nitrogens with one attached hydrogen (secondary N) is 2. The summed E-state index contributed by atoms with van der Waals surface area (Å²) in [5, 5.41) is 6.55. The lowest BCUT2D eigenvalue weighted by Crippen LogP contribution is -2.49. The topological polar surface area (TPSA) is 44.4 Å². The molecule has 4 heteroatoms. The highest BCUT2D eigenvalue weighted by Gasteiger charge is 2.29. The van der Waals surface area contributed by atoms with E-state index in [0.29, 0.717) is 6.04 Å². The van der Waals surface area contributed by atoms with Crippen molar-refractivity contribution in [3.63, 3.8) is 0 Å². The van der Waals surface area contributed by atoms with Gasteiger partial charge in [-0.15, -0.1) is 0 Å². The molecule has 2 aliphatic heterocycles. The molecule has 114 valence electrons. The van der Waals surface area contributed by atoms with Crippen molar-refractivity contribution in [2.75, 3.05) is 26.2 Å². The molecule has 2 saturated heterocycles. The van der Waals surface area contributed by atoms with Gasteiger partial charge in [0.2, 0.25) is 5.91 Å². The van der Waals surface area contributed by atoms with E-state index < -0.39 is 0 Å². The minimum Gasteiger partial charge on any atom is -0.353 e. The first-order valence-electron chi connectivity index (χ1n) is 8.58. The van der Waals surface area contributed by atoms with E-state index in [9.17, 15) is 4.79 Å².